The van der Waals surface area contributed by atoms with E-state index in [0.29, 0.717) is 5.56 Å². The minimum atomic E-state index is -4.47. The van der Waals surface area contributed by atoms with E-state index in [-0.39, 0.29) is 17.1 Å². The van der Waals surface area contributed by atoms with Crippen molar-refractivity contribution in [2.24, 2.45) is 0 Å². The summed E-state index contributed by atoms with van der Waals surface area (Å²) < 4.78 is 42.8. The quantitative estimate of drug-likeness (QED) is 0.232. The van der Waals surface area contributed by atoms with Crippen LogP contribution in [0.25, 0.3) is 6.08 Å². The fourth-order valence-corrected chi connectivity index (χ4v) is 2.91. The van der Waals surface area contributed by atoms with E-state index in [1.54, 1.807) is 6.08 Å². The van der Waals surface area contributed by atoms with Gasteiger partial charge in [-0.15, -0.1) is 11.3 Å². The van der Waals surface area contributed by atoms with Gasteiger partial charge in [-0.25, -0.2) is 4.79 Å². The van der Waals surface area contributed by atoms with Crippen molar-refractivity contribution in [2.75, 3.05) is 0 Å². The molecule has 0 aliphatic rings. The smallest absolute Gasteiger partial charge is 0.416 e. The molecule has 3 aromatic rings. The van der Waals surface area contributed by atoms with Crippen LogP contribution in [0.4, 0.5) is 13.2 Å². The number of allylic oxidation sites excluding steroid dienone is 1. The molecule has 0 amide bonds. The Morgan fingerprint density at radius 3 is 2.11 bits per heavy atom. The summed E-state index contributed by atoms with van der Waals surface area (Å²) in [6.45, 7) is 0. The number of esters is 1. The monoisotopic (exact) mass is 402 g/mol. The summed E-state index contributed by atoms with van der Waals surface area (Å²) in [6, 6.07) is 13.4. The number of alkyl halides is 3. The van der Waals surface area contributed by atoms with Gasteiger partial charge in [0, 0.05) is 10.4 Å². The molecule has 0 aliphatic carbocycles. The summed E-state index contributed by atoms with van der Waals surface area (Å²) in [5, 5.41) is 1.91. The van der Waals surface area contributed by atoms with E-state index in [1.165, 1.54) is 41.7 Å². The van der Waals surface area contributed by atoms with Crippen LogP contribution in [0.2, 0.25) is 0 Å². The lowest BCUT2D eigenvalue weighted by Gasteiger charge is -2.08. The first-order valence-electron chi connectivity index (χ1n) is 8.08. The molecule has 3 nitrogen and oxygen atoms in total. The summed E-state index contributed by atoms with van der Waals surface area (Å²) in [6.07, 6.45) is -1.30. The van der Waals surface area contributed by atoms with Crippen molar-refractivity contribution in [1.82, 2.24) is 0 Å². The van der Waals surface area contributed by atoms with E-state index in [1.807, 2.05) is 17.5 Å². The Hall–Kier alpha value is -3.19. The van der Waals surface area contributed by atoms with E-state index < -0.39 is 17.7 Å². The second kappa shape index (κ2) is 8.22. The van der Waals surface area contributed by atoms with Crippen LogP contribution in [-0.2, 0) is 6.18 Å². The highest BCUT2D eigenvalue weighted by molar-refractivity contribution is 7.10. The molecule has 0 spiro atoms. The highest BCUT2D eigenvalue weighted by Gasteiger charge is 2.30. The SMILES string of the molecule is O=C(C=Cc1cccs1)c1ccc(OC(=O)c2ccc(C(F)(F)F)cc2)cc1. The van der Waals surface area contributed by atoms with Gasteiger partial charge in [-0.05, 0) is 72.1 Å². The summed E-state index contributed by atoms with van der Waals surface area (Å²) >= 11 is 1.51. The summed E-state index contributed by atoms with van der Waals surface area (Å²) in [4.78, 5) is 25.1. The third-order valence-electron chi connectivity index (χ3n) is 3.74. The molecule has 0 fully saturated rings. The van der Waals surface area contributed by atoms with Crippen LogP contribution in [0.3, 0.4) is 0 Å². The largest absolute Gasteiger partial charge is 0.423 e. The first-order valence-corrected chi connectivity index (χ1v) is 8.96. The van der Waals surface area contributed by atoms with Gasteiger partial charge in [0.2, 0.25) is 0 Å². The maximum atomic E-state index is 12.6. The molecule has 7 heteroatoms. The molecule has 1 aromatic heterocycles. The van der Waals surface area contributed by atoms with Gasteiger partial charge in [-0.2, -0.15) is 13.2 Å². The predicted octanol–water partition coefficient (Wildman–Crippen LogP) is 5.88. The standard InChI is InChI=1S/C21H13F3O3S/c22-21(23,24)16-7-3-15(4-8-16)20(26)27-17-9-5-14(6-10-17)19(25)12-11-18-2-1-13-28-18/h1-13H. The first kappa shape index (κ1) is 19.6. The topological polar surface area (TPSA) is 43.4 Å². The number of carbonyl (C=O) groups is 2. The van der Waals surface area contributed by atoms with Crippen LogP contribution in [-0.4, -0.2) is 11.8 Å². The lowest BCUT2D eigenvalue weighted by atomic mass is 10.1. The molecule has 0 saturated heterocycles. The molecular formula is C21H13F3O3S. The Kier molecular flexibility index (Phi) is 5.75. The zero-order chi connectivity index (χ0) is 20.1. The second-order valence-electron chi connectivity index (χ2n) is 5.70. The Bertz CT molecular complexity index is 987. The molecule has 142 valence electrons. The zero-order valence-corrected chi connectivity index (χ0v) is 15.1. The number of halogens is 3. The molecule has 0 aliphatic heterocycles. The molecule has 0 atom stereocenters. The Morgan fingerprint density at radius 2 is 1.54 bits per heavy atom. The lowest BCUT2D eigenvalue weighted by Crippen LogP contribution is -2.10. The number of hydrogen-bond acceptors (Lipinski definition) is 4. The Morgan fingerprint density at radius 1 is 0.893 bits per heavy atom. The lowest BCUT2D eigenvalue weighted by molar-refractivity contribution is -0.137. The number of ketones is 1. The van der Waals surface area contributed by atoms with Gasteiger partial charge in [-0.3, -0.25) is 4.79 Å². The number of carbonyl (C=O) groups excluding carboxylic acids is 2. The highest BCUT2D eigenvalue weighted by atomic mass is 32.1. The number of rotatable bonds is 5. The maximum Gasteiger partial charge on any atom is 0.416 e. The van der Waals surface area contributed by atoms with Crippen molar-refractivity contribution < 1.29 is 27.5 Å². The number of benzene rings is 2. The van der Waals surface area contributed by atoms with Crippen LogP contribution in [0.1, 0.15) is 31.2 Å². The average Bonchev–Trinajstić information content (AvgIpc) is 3.20. The molecule has 0 N–H and O–H groups in total. The van der Waals surface area contributed by atoms with Crippen molar-refractivity contribution in [3.63, 3.8) is 0 Å². The van der Waals surface area contributed by atoms with Gasteiger partial charge in [0.15, 0.2) is 5.78 Å². The molecule has 3 rings (SSSR count). The zero-order valence-electron chi connectivity index (χ0n) is 14.3. The van der Waals surface area contributed by atoms with Crippen LogP contribution in [0.15, 0.2) is 72.1 Å². The predicted molar refractivity (Wildman–Crippen MR) is 101 cm³/mol. The molecule has 2 aromatic carbocycles. The van der Waals surface area contributed by atoms with Gasteiger partial charge < -0.3 is 4.74 Å². The van der Waals surface area contributed by atoms with E-state index in [4.69, 9.17) is 4.74 Å². The van der Waals surface area contributed by atoms with Crippen molar-refractivity contribution in [2.45, 2.75) is 6.18 Å². The van der Waals surface area contributed by atoms with Crippen molar-refractivity contribution in [3.8, 4) is 5.75 Å². The van der Waals surface area contributed by atoms with Crippen LogP contribution < -0.4 is 4.74 Å². The Labute approximate surface area is 162 Å². The molecule has 0 unspecified atom stereocenters. The minimum absolute atomic E-state index is 0.00738. The maximum absolute atomic E-state index is 12.6. The van der Waals surface area contributed by atoms with Crippen molar-refractivity contribution >= 4 is 29.2 Å². The van der Waals surface area contributed by atoms with Crippen LogP contribution >= 0.6 is 11.3 Å². The normalized spacial score (nSPS) is 11.5. The number of thiophene rings is 1. The first-order chi connectivity index (χ1) is 13.3. The van der Waals surface area contributed by atoms with Gasteiger partial charge in [0.1, 0.15) is 5.75 Å². The molecule has 0 radical (unpaired) electrons. The molecule has 28 heavy (non-hydrogen) atoms. The van der Waals surface area contributed by atoms with Crippen LogP contribution in [0.5, 0.6) is 5.75 Å². The molecule has 1 heterocycles. The Balaban J connectivity index is 1.63. The summed E-state index contributed by atoms with van der Waals surface area (Å²) in [7, 11) is 0. The van der Waals surface area contributed by atoms with Gasteiger partial charge in [0.25, 0.3) is 0 Å². The highest BCUT2D eigenvalue weighted by Crippen LogP contribution is 2.29. The van der Waals surface area contributed by atoms with Gasteiger partial charge in [-0.1, -0.05) is 6.07 Å². The number of hydrogen-bond donors (Lipinski definition) is 0. The van der Waals surface area contributed by atoms with Crippen molar-refractivity contribution in [3.05, 3.63) is 93.7 Å². The van der Waals surface area contributed by atoms with Gasteiger partial charge >= 0.3 is 12.1 Å². The average molecular weight is 402 g/mol. The number of ether oxygens (including phenoxy) is 1. The van der Waals surface area contributed by atoms with E-state index in [0.717, 1.165) is 29.1 Å². The third-order valence-corrected chi connectivity index (χ3v) is 4.58. The molecular weight excluding hydrogens is 389 g/mol. The molecule has 0 saturated carbocycles. The van der Waals surface area contributed by atoms with Crippen molar-refractivity contribution in [1.29, 1.82) is 0 Å². The van der Waals surface area contributed by atoms with Crippen LogP contribution in [0, 0.1) is 0 Å². The van der Waals surface area contributed by atoms with E-state index in [2.05, 4.69) is 0 Å². The summed E-state index contributed by atoms with van der Waals surface area (Å²) in [5.74, 6) is -0.803. The third kappa shape index (κ3) is 4.95. The van der Waals surface area contributed by atoms with E-state index >= 15 is 0 Å². The van der Waals surface area contributed by atoms with Gasteiger partial charge in [0.05, 0.1) is 11.1 Å². The molecule has 0 bridgehead atoms. The van der Waals surface area contributed by atoms with E-state index in [9.17, 15) is 22.8 Å². The fraction of sp³-hybridized carbons (Fsp3) is 0.0476. The second-order valence-corrected chi connectivity index (χ2v) is 6.68. The fourth-order valence-electron chi connectivity index (χ4n) is 2.29. The minimum Gasteiger partial charge on any atom is -0.423 e. The summed E-state index contributed by atoms with van der Waals surface area (Å²) in [5.41, 5.74) is -0.434.